The number of carboxylic acids is 1. The van der Waals surface area contributed by atoms with Gasteiger partial charge in [0.05, 0.1) is 22.3 Å². The lowest BCUT2D eigenvalue weighted by Crippen LogP contribution is -2.40. The van der Waals surface area contributed by atoms with E-state index >= 15 is 0 Å². The Morgan fingerprint density at radius 2 is 2.04 bits per heavy atom. The number of likely N-dealkylation sites (tertiary alicyclic amines) is 1. The van der Waals surface area contributed by atoms with Gasteiger partial charge in [-0.1, -0.05) is 5.16 Å². The van der Waals surface area contributed by atoms with Gasteiger partial charge >= 0.3 is 5.97 Å². The van der Waals surface area contributed by atoms with Crippen molar-refractivity contribution in [1.29, 1.82) is 0 Å². The third-order valence-corrected chi connectivity index (χ3v) is 4.96. The first-order valence-electron chi connectivity index (χ1n) is 8.75. The molecule has 1 fully saturated rings. The van der Waals surface area contributed by atoms with E-state index in [-0.39, 0.29) is 11.6 Å². The number of hydrogen-bond acceptors (Lipinski definition) is 6. The predicted octanol–water partition coefficient (Wildman–Crippen LogP) is 3.10. The molecule has 3 aromatic heterocycles. The van der Waals surface area contributed by atoms with Crippen LogP contribution in [0.2, 0.25) is 0 Å². The van der Waals surface area contributed by atoms with Gasteiger partial charge in [-0.15, -0.1) is 0 Å². The second-order valence-corrected chi connectivity index (χ2v) is 6.82. The second kappa shape index (κ2) is 6.22. The highest BCUT2D eigenvalue weighted by molar-refractivity contribution is 6.08. The van der Waals surface area contributed by atoms with Crippen molar-refractivity contribution < 1.29 is 23.6 Å². The molecule has 0 aliphatic carbocycles. The van der Waals surface area contributed by atoms with Gasteiger partial charge in [-0.3, -0.25) is 4.79 Å². The molecule has 1 N–H and O–H groups in total. The average molecular weight is 369 g/mol. The van der Waals surface area contributed by atoms with E-state index in [0.717, 1.165) is 11.3 Å². The van der Waals surface area contributed by atoms with Crippen LogP contribution in [0.1, 0.15) is 40.4 Å². The molecule has 140 valence electrons. The number of aromatic nitrogens is 2. The number of carbonyl (C=O) groups excluding carboxylic acids is 1. The largest absolute Gasteiger partial charge is 0.480 e. The first-order valence-corrected chi connectivity index (χ1v) is 8.75. The van der Waals surface area contributed by atoms with Gasteiger partial charge in [-0.2, -0.15) is 0 Å². The lowest BCUT2D eigenvalue weighted by atomic mass is 10.0. The summed E-state index contributed by atoms with van der Waals surface area (Å²) in [7, 11) is 0. The maximum Gasteiger partial charge on any atom is 0.326 e. The van der Waals surface area contributed by atoms with Crippen LogP contribution in [0.5, 0.6) is 0 Å². The summed E-state index contributed by atoms with van der Waals surface area (Å²) < 4.78 is 10.9. The van der Waals surface area contributed by atoms with E-state index < -0.39 is 12.0 Å². The van der Waals surface area contributed by atoms with Gasteiger partial charge in [0.15, 0.2) is 0 Å². The number of aryl methyl sites for hydroxylation is 3. The van der Waals surface area contributed by atoms with Crippen molar-refractivity contribution in [3.63, 3.8) is 0 Å². The molecule has 0 spiro atoms. The third kappa shape index (κ3) is 2.77. The van der Waals surface area contributed by atoms with E-state index in [9.17, 15) is 14.7 Å². The Bertz CT molecular complexity index is 1060. The topological polar surface area (TPSA) is 110 Å². The summed E-state index contributed by atoms with van der Waals surface area (Å²) in [4.78, 5) is 30.6. The molecule has 0 saturated carbocycles. The van der Waals surface area contributed by atoms with Crippen LogP contribution in [-0.4, -0.2) is 44.6 Å². The maximum atomic E-state index is 13.2. The Kier molecular flexibility index (Phi) is 3.98. The molecule has 0 radical (unpaired) electrons. The first-order chi connectivity index (χ1) is 12.9. The average Bonchev–Trinajstić information content (AvgIpc) is 3.32. The normalized spacial score (nSPS) is 17.0. The van der Waals surface area contributed by atoms with Crippen molar-refractivity contribution in [3.8, 4) is 11.3 Å². The fourth-order valence-corrected chi connectivity index (χ4v) is 3.71. The Balaban J connectivity index is 1.88. The van der Waals surface area contributed by atoms with Crippen LogP contribution in [0.4, 0.5) is 0 Å². The molecule has 27 heavy (non-hydrogen) atoms. The molecule has 1 amide bonds. The zero-order valence-electron chi connectivity index (χ0n) is 15.3. The molecule has 1 atom stereocenters. The molecule has 4 heterocycles. The summed E-state index contributed by atoms with van der Waals surface area (Å²) in [5.74, 6) is 0.0718. The number of fused-ring (bicyclic) bond motifs is 1. The Morgan fingerprint density at radius 1 is 1.26 bits per heavy atom. The SMILES string of the molecule is Cc1cc(-c2cc(C(=O)N3CCC[C@H]3C(=O)O)c3c(C)noc3n2)c(C)o1. The van der Waals surface area contributed by atoms with Crippen molar-refractivity contribution in [2.24, 2.45) is 0 Å². The number of rotatable bonds is 3. The molecular weight excluding hydrogens is 350 g/mol. The molecule has 8 nitrogen and oxygen atoms in total. The Hall–Kier alpha value is -3.16. The summed E-state index contributed by atoms with van der Waals surface area (Å²) in [5, 5.41) is 13.9. The van der Waals surface area contributed by atoms with Gasteiger partial charge in [-0.25, -0.2) is 9.78 Å². The first kappa shape index (κ1) is 17.3. The van der Waals surface area contributed by atoms with Crippen molar-refractivity contribution in [1.82, 2.24) is 15.0 Å². The molecule has 4 rings (SSSR count). The Labute approximate surface area is 154 Å². The molecular formula is C19H19N3O5. The minimum absolute atomic E-state index is 0.248. The smallest absolute Gasteiger partial charge is 0.326 e. The summed E-state index contributed by atoms with van der Waals surface area (Å²) in [6.45, 7) is 5.79. The summed E-state index contributed by atoms with van der Waals surface area (Å²) >= 11 is 0. The highest BCUT2D eigenvalue weighted by Gasteiger charge is 2.36. The van der Waals surface area contributed by atoms with Gasteiger partial charge < -0.3 is 18.9 Å². The third-order valence-electron chi connectivity index (χ3n) is 4.96. The summed E-state index contributed by atoms with van der Waals surface area (Å²) in [6, 6.07) is 2.70. The van der Waals surface area contributed by atoms with Crippen molar-refractivity contribution in [3.05, 3.63) is 34.9 Å². The van der Waals surface area contributed by atoms with Crippen molar-refractivity contribution >= 4 is 23.0 Å². The van der Waals surface area contributed by atoms with Crippen molar-refractivity contribution in [2.75, 3.05) is 6.54 Å². The molecule has 1 aliphatic rings. The Morgan fingerprint density at radius 3 is 2.70 bits per heavy atom. The number of hydrogen-bond donors (Lipinski definition) is 1. The molecule has 8 heteroatoms. The predicted molar refractivity (Wildman–Crippen MR) is 95.4 cm³/mol. The zero-order chi connectivity index (χ0) is 19.3. The lowest BCUT2D eigenvalue weighted by Gasteiger charge is -2.22. The monoisotopic (exact) mass is 369 g/mol. The zero-order valence-corrected chi connectivity index (χ0v) is 15.3. The van der Waals surface area contributed by atoms with Crippen LogP contribution < -0.4 is 0 Å². The number of nitrogens with zero attached hydrogens (tertiary/aromatic N) is 3. The molecule has 0 aromatic carbocycles. The van der Waals surface area contributed by atoms with E-state index in [1.165, 1.54) is 4.90 Å². The van der Waals surface area contributed by atoms with E-state index in [0.29, 0.717) is 47.5 Å². The lowest BCUT2D eigenvalue weighted by molar-refractivity contribution is -0.141. The number of carbonyl (C=O) groups is 2. The van der Waals surface area contributed by atoms with Crippen LogP contribution >= 0.6 is 0 Å². The quantitative estimate of drug-likeness (QED) is 0.755. The molecule has 0 bridgehead atoms. The second-order valence-electron chi connectivity index (χ2n) is 6.82. The van der Waals surface area contributed by atoms with Gasteiger partial charge in [0.2, 0.25) is 0 Å². The van der Waals surface area contributed by atoms with Gasteiger partial charge in [0.1, 0.15) is 17.6 Å². The van der Waals surface area contributed by atoms with Crippen LogP contribution in [0.15, 0.2) is 21.1 Å². The fourth-order valence-electron chi connectivity index (χ4n) is 3.71. The summed E-state index contributed by atoms with van der Waals surface area (Å²) in [5.41, 5.74) is 2.42. The highest BCUT2D eigenvalue weighted by atomic mass is 16.5. The minimum Gasteiger partial charge on any atom is -0.480 e. The molecule has 1 saturated heterocycles. The maximum absolute atomic E-state index is 13.2. The highest BCUT2D eigenvalue weighted by Crippen LogP contribution is 2.32. The molecule has 3 aromatic rings. The van der Waals surface area contributed by atoms with E-state index in [1.807, 2.05) is 19.9 Å². The molecule has 1 aliphatic heterocycles. The number of aliphatic carboxylic acids is 1. The number of pyridine rings is 1. The van der Waals surface area contributed by atoms with Gasteiger partial charge in [0, 0.05) is 12.1 Å². The summed E-state index contributed by atoms with van der Waals surface area (Å²) in [6.07, 6.45) is 1.11. The van der Waals surface area contributed by atoms with E-state index in [1.54, 1.807) is 13.0 Å². The minimum atomic E-state index is -0.991. The number of carboxylic acid groups (broad SMARTS) is 1. The fraction of sp³-hybridized carbons (Fsp3) is 0.368. The van der Waals surface area contributed by atoms with E-state index in [4.69, 9.17) is 8.94 Å². The van der Waals surface area contributed by atoms with Gasteiger partial charge in [-0.05, 0) is 45.7 Å². The van der Waals surface area contributed by atoms with Gasteiger partial charge in [0.25, 0.3) is 11.6 Å². The molecule has 0 unspecified atom stereocenters. The van der Waals surface area contributed by atoms with Crippen LogP contribution in [0.25, 0.3) is 22.4 Å². The number of furan rings is 1. The van der Waals surface area contributed by atoms with Crippen molar-refractivity contribution in [2.45, 2.75) is 39.7 Å². The van der Waals surface area contributed by atoms with Crippen LogP contribution in [0, 0.1) is 20.8 Å². The number of amides is 1. The standard InChI is InChI=1S/C19H19N3O5/c1-9-7-12(11(3)26-9)14-8-13(16-10(2)21-27-17(16)20-14)18(23)22-6-4-5-15(22)19(24)25/h7-8,15H,4-6H2,1-3H3,(H,24,25)/t15-/m0/s1. The van der Waals surface area contributed by atoms with Crippen LogP contribution in [-0.2, 0) is 4.79 Å². The van der Waals surface area contributed by atoms with E-state index in [2.05, 4.69) is 10.1 Å². The van der Waals surface area contributed by atoms with Crippen LogP contribution in [0.3, 0.4) is 0 Å².